The fourth-order valence-electron chi connectivity index (χ4n) is 1.96. The van der Waals surface area contributed by atoms with Crippen LogP contribution in [0.25, 0.3) is 0 Å². The van der Waals surface area contributed by atoms with Gasteiger partial charge in [0.05, 0.1) is 6.26 Å². The molecule has 1 aliphatic carbocycles. The molecule has 0 radical (unpaired) electrons. The molecule has 6 nitrogen and oxygen atoms in total. The number of nitrogens with one attached hydrogen (secondary N) is 3. The van der Waals surface area contributed by atoms with Crippen LogP contribution in [0.3, 0.4) is 0 Å². The van der Waals surface area contributed by atoms with Crippen molar-refractivity contribution in [1.82, 2.24) is 16.0 Å². The van der Waals surface area contributed by atoms with E-state index in [0.29, 0.717) is 12.5 Å². The van der Waals surface area contributed by atoms with E-state index in [0.717, 1.165) is 50.5 Å². The Kier molecular flexibility index (Phi) is 6.12. The lowest BCUT2D eigenvalue weighted by Crippen LogP contribution is -2.39. The average Bonchev–Trinajstić information content (AvgIpc) is 3.14. The van der Waals surface area contributed by atoms with Crippen molar-refractivity contribution < 1.29 is 9.21 Å². The highest BCUT2D eigenvalue weighted by molar-refractivity contribution is 5.80. The summed E-state index contributed by atoms with van der Waals surface area (Å²) in [5.41, 5.74) is 0. The molecule has 0 bridgehead atoms. The molecule has 0 saturated heterocycles. The van der Waals surface area contributed by atoms with E-state index in [9.17, 15) is 4.79 Å². The summed E-state index contributed by atoms with van der Waals surface area (Å²) in [6, 6.07) is 4.28. The quantitative estimate of drug-likeness (QED) is 0.380. The summed E-state index contributed by atoms with van der Waals surface area (Å²) >= 11 is 0. The van der Waals surface area contributed by atoms with Gasteiger partial charge >= 0.3 is 0 Å². The lowest BCUT2D eigenvalue weighted by atomic mass is 10.3. The summed E-state index contributed by atoms with van der Waals surface area (Å²) in [6.45, 7) is 1.49. The third-order valence-electron chi connectivity index (χ3n) is 3.28. The van der Waals surface area contributed by atoms with Crippen molar-refractivity contribution in [2.45, 2.75) is 38.1 Å². The Labute approximate surface area is 125 Å². The summed E-state index contributed by atoms with van der Waals surface area (Å²) in [6.07, 6.45) is 6.13. The number of furan rings is 1. The van der Waals surface area contributed by atoms with Crippen molar-refractivity contribution in [2.24, 2.45) is 4.99 Å². The largest absolute Gasteiger partial charge is 0.469 e. The van der Waals surface area contributed by atoms with Gasteiger partial charge in [0.15, 0.2) is 5.96 Å². The zero-order valence-electron chi connectivity index (χ0n) is 12.5. The molecule has 3 N–H and O–H groups in total. The standard InChI is InChI=1S/C15H24N4O2/c1-16-15(18-10-8-13-4-3-11-21-13)17-9-2-5-14(20)19-12-6-7-12/h3-4,11-12H,2,5-10H2,1H3,(H,19,20)(H2,16,17,18). The van der Waals surface area contributed by atoms with Crippen LogP contribution in [0.1, 0.15) is 31.4 Å². The summed E-state index contributed by atoms with van der Waals surface area (Å²) in [5.74, 6) is 1.86. The predicted molar refractivity (Wildman–Crippen MR) is 82.2 cm³/mol. The van der Waals surface area contributed by atoms with Gasteiger partial charge in [-0.3, -0.25) is 9.79 Å². The molecule has 1 fully saturated rings. The maximum absolute atomic E-state index is 11.5. The smallest absolute Gasteiger partial charge is 0.220 e. The maximum atomic E-state index is 11.5. The molecule has 0 unspecified atom stereocenters. The molecule has 1 heterocycles. The number of hydrogen-bond acceptors (Lipinski definition) is 3. The molecule has 1 aromatic rings. The zero-order chi connectivity index (χ0) is 14.9. The predicted octanol–water partition coefficient (Wildman–Crippen LogP) is 1.05. The number of carbonyl (C=O) groups is 1. The second-order valence-electron chi connectivity index (χ2n) is 5.20. The van der Waals surface area contributed by atoms with Gasteiger partial charge < -0.3 is 20.4 Å². The third-order valence-corrected chi connectivity index (χ3v) is 3.28. The molecule has 0 aromatic carbocycles. The highest BCUT2D eigenvalue weighted by atomic mass is 16.3. The van der Waals surface area contributed by atoms with E-state index in [-0.39, 0.29) is 5.91 Å². The van der Waals surface area contributed by atoms with Gasteiger partial charge in [0.1, 0.15) is 5.76 Å². The van der Waals surface area contributed by atoms with Gasteiger partial charge in [0, 0.05) is 39.0 Å². The van der Waals surface area contributed by atoms with Crippen LogP contribution >= 0.6 is 0 Å². The summed E-state index contributed by atoms with van der Waals surface area (Å²) in [5, 5.41) is 9.40. The van der Waals surface area contributed by atoms with E-state index < -0.39 is 0 Å². The SMILES string of the molecule is CN=C(NCCCC(=O)NC1CC1)NCCc1ccco1. The average molecular weight is 292 g/mol. The van der Waals surface area contributed by atoms with Crippen molar-refractivity contribution in [3.8, 4) is 0 Å². The first-order valence-electron chi connectivity index (χ1n) is 7.54. The van der Waals surface area contributed by atoms with Gasteiger partial charge in [-0.05, 0) is 31.4 Å². The van der Waals surface area contributed by atoms with Crippen LogP contribution in [0.15, 0.2) is 27.8 Å². The molecule has 0 atom stereocenters. The van der Waals surface area contributed by atoms with Gasteiger partial charge in [-0.25, -0.2) is 0 Å². The topological polar surface area (TPSA) is 78.7 Å². The number of amides is 1. The normalized spacial score (nSPS) is 14.8. The molecular formula is C15H24N4O2. The molecule has 1 amide bonds. The van der Waals surface area contributed by atoms with Gasteiger partial charge in [-0.15, -0.1) is 0 Å². The van der Waals surface area contributed by atoms with Crippen molar-refractivity contribution in [3.05, 3.63) is 24.2 Å². The lowest BCUT2D eigenvalue weighted by molar-refractivity contribution is -0.121. The first kappa shape index (κ1) is 15.4. The van der Waals surface area contributed by atoms with E-state index in [1.807, 2.05) is 12.1 Å². The van der Waals surface area contributed by atoms with Crippen LogP contribution in [0.2, 0.25) is 0 Å². The van der Waals surface area contributed by atoms with Crippen LogP contribution in [0.4, 0.5) is 0 Å². The summed E-state index contributed by atoms with van der Waals surface area (Å²) < 4.78 is 5.27. The second kappa shape index (κ2) is 8.34. The van der Waals surface area contributed by atoms with Crippen molar-refractivity contribution in [2.75, 3.05) is 20.1 Å². The minimum atomic E-state index is 0.153. The van der Waals surface area contributed by atoms with Crippen molar-refractivity contribution in [1.29, 1.82) is 0 Å². The van der Waals surface area contributed by atoms with Crippen LogP contribution in [-0.4, -0.2) is 38.0 Å². The lowest BCUT2D eigenvalue weighted by Gasteiger charge is -2.11. The third kappa shape index (κ3) is 6.33. The van der Waals surface area contributed by atoms with E-state index in [4.69, 9.17) is 4.42 Å². The van der Waals surface area contributed by atoms with Crippen LogP contribution < -0.4 is 16.0 Å². The number of hydrogen-bond donors (Lipinski definition) is 3. The van der Waals surface area contributed by atoms with Crippen LogP contribution in [0, 0.1) is 0 Å². The fourth-order valence-corrected chi connectivity index (χ4v) is 1.96. The fraction of sp³-hybridized carbons (Fsp3) is 0.600. The van der Waals surface area contributed by atoms with E-state index in [1.54, 1.807) is 13.3 Å². The molecule has 0 spiro atoms. The summed E-state index contributed by atoms with van der Waals surface area (Å²) in [7, 11) is 1.74. The number of nitrogens with zero attached hydrogens (tertiary/aromatic N) is 1. The molecule has 1 aromatic heterocycles. The Bertz CT molecular complexity index is 452. The minimum Gasteiger partial charge on any atom is -0.469 e. The van der Waals surface area contributed by atoms with Gasteiger partial charge in [0.2, 0.25) is 5.91 Å². The van der Waals surface area contributed by atoms with Gasteiger partial charge in [-0.2, -0.15) is 0 Å². The Balaban J connectivity index is 1.51. The minimum absolute atomic E-state index is 0.153. The molecular weight excluding hydrogens is 268 g/mol. The van der Waals surface area contributed by atoms with E-state index >= 15 is 0 Å². The number of aliphatic imine (C=N–C) groups is 1. The summed E-state index contributed by atoms with van der Waals surface area (Å²) in [4.78, 5) is 15.7. The molecule has 21 heavy (non-hydrogen) atoms. The monoisotopic (exact) mass is 292 g/mol. The Hall–Kier alpha value is -1.98. The molecule has 1 saturated carbocycles. The maximum Gasteiger partial charge on any atom is 0.220 e. The molecule has 0 aliphatic heterocycles. The van der Waals surface area contributed by atoms with E-state index in [1.165, 1.54) is 0 Å². The van der Waals surface area contributed by atoms with Crippen molar-refractivity contribution >= 4 is 11.9 Å². The number of rotatable bonds is 8. The molecule has 116 valence electrons. The van der Waals surface area contributed by atoms with E-state index in [2.05, 4.69) is 20.9 Å². The zero-order valence-corrected chi connectivity index (χ0v) is 12.5. The highest BCUT2D eigenvalue weighted by Gasteiger charge is 2.22. The second-order valence-corrected chi connectivity index (χ2v) is 5.20. The Morgan fingerprint density at radius 2 is 2.19 bits per heavy atom. The number of carbonyl (C=O) groups excluding carboxylic acids is 1. The first-order valence-corrected chi connectivity index (χ1v) is 7.54. The number of guanidine groups is 1. The van der Waals surface area contributed by atoms with Gasteiger partial charge in [-0.1, -0.05) is 0 Å². The molecule has 1 aliphatic rings. The molecule has 6 heteroatoms. The van der Waals surface area contributed by atoms with Crippen LogP contribution in [-0.2, 0) is 11.2 Å². The van der Waals surface area contributed by atoms with Gasteiger partial charge in [0.25, 0.3) is 0 Å². The molecule has 2 rings (SSSR count). The highest BCUT2D eigenvalue weighted by Crippen LogP contribution is 2.18. The van der Waals surface area contributed by atoms with Crippen LogP contribution in [0.5, 0.6) is 0 Å². The Morgan fingerprint density at radius 3 is 2.86 bits per heavy atom. The Morgan fingerprint density at radius 1 is 1.38 bits per heavy atom. The first-order chi connectivity index (χ1) is 10.3. The van der Waals surface area contributed by atoms with Crippen molar-refractivity contribution in [3.63, 3.8) is 0 Å².